The Hall–Kier alpha value is -4.39. The minimum Gasteiger partial charge on any atom is -0.478 e. The fraction of sp³-hybridized carbons (Fsp3) is 0.292. The highest BCUT2D eigenvalue weighted by Crippen LogP contribution is 2.18. The first-order valence-corrected chi connectivity index (χ1v) is 11.0. The van der Waals surface area contributed by atoms with Crippen molar-refractivity contribution in [1.82, 2.24) is 28.9 Å². The van der Waals surface area contributed by atoms with E-state index in [-0.39, 0.29) is 28.9 Å². The van der Waals surface area contributed by atoms with Crippen LogP contribution < -0.4 is 11.2 Å². The number of fused-ring (bicyclic) bond motifs is 1. The molecular weight excluding hydrogens is 436 g/mol. The molecule has 0 saturated heterocycles. The van der Waals surface area contributed by atoms with Gasteiger partial charge in [-0.25, -0.2) is 14.6 Å². The largest absolute Gasteiger partial charge is 0.478 e. The number of rotatable bonds is 7. The number of benzene rings is 1. The summed E-state index contributed by atoms with van der Waals surface area (Å²) in [4.78, 5) is 44.6. The normalized spacial score (nSPS) is 10.9. The van der Waals surface area contributed by atoms with E-state index in [1.54, 1.807) is 35.3 Å². The van der Waals surface area contributed by atoms with Gasteiger partial charge in [-0.3, -0.25) is 18.6 Å². The van der Waals surface area contributed by atoms with Gasteiger partial charge in [-0.2, -0.15) is 5.10 Å². The summed E-state index contributed by atoms with van der Waals surface area (Å²) in [5.41, 5.74) is 1.09. The molecule has 0 fully saturated rings. The predicted molar refractivity (Wildman–Crippen MR) is 127 cm³/mol. The Labute approximate surface area is 194 Å². The first kappa shape index (κ1) is 22.8. The predicted octanol–water partition coefficient (Wildman–Crippen LogP) is 2.32. The van der Waals surface area contributed by atoms with Gasteiger partial charge >= 0.3 is 11.7 Å². The van der Waals surface area contributed by atoms with E-state index in [2.05, 4.69) is 26.9 Å². The summed E-state index contributed by atoms with van der Waals surface area (Å²) in [6, 6.07) is 6.54. The summed E-state index contributed by atoms with van der Waals surface area (Å²) in [7, 11) is 0. The average molecular weight is 460 g/mol. The fourth-order valence-electron chi connectivity index (χ4n) is 3.72. The van der Waals surface area contributed by atoms with Crippen LogP contribution in [0.4, 0.5) is 0 Å². The van der Waals surface area contributed by atoms with Crippen molar-refractivity contribution in [2.45, 2.75) is 46.3 Å². The zero-order valence-corrected chi connectivity index (χ0v) is 18.9. The van der Waals surface area contributed by atoms with Gasteiger partial charge in [0.2, 0.25) is 0 Å². The van der Waals surface area contributed by atoms with Crippen molar-refractivity contribution >= 4 is 17.1 Å². The minimum atomic E-state index is -1.03. The summed E-state index contributed by atoms with van der Waals surface area (Å²) in [6.45, 7) is 4.90. The molecule has 0 unspecified atom stereocenters. The highest BCUT2D eigenvalue weighted by atomic mass is 16.4. The molecule has 0 bridgehead atoms. The Morgan fingerprint density at radius 1 is 1.12 bits per heavy atom. The molecule has 3 aromatic heterocycles. The molecule has 0 aliphatic rings. The minimum absolute atomic E-state index is 0.144. The second-order valence-electron chi connectivity index (χ2n) is 7.75. The molecule has 10 nitrogen and oxygen atoms in total. The highest BCUT2D eigenvalue weighted by molar-refractivity contribution is 5.90. The zero-order valence-electron chi connectivity index (χ0n) is 18.9. The molecule has 2 N–H and O–H groups in total. The number of H-pyrrole nitrogens is 1. The second kappa shape index (κ2) is 9.62. The van der Waals surface area contributed by atoms with Crippen molar-refractivity contribution in [3.8, 4) is 23.2 Å². The first-order chi connectivity index (χ1) is 16.4. The maximum absolute atomic E-state index is 12.9. The summed E-state index contributed by atoms with van der Waals surface area (Å²) in [5.74, 6) is 5.20. The molecular formula is C24H24N6O4. The lowest BCUT2D eigenvalue weighted by Gasteiger charge is -2.09. The van der Waals surface area contributed by atoms with Gasteiger partial charge in [-0.15, -0.1) is 0 Å². The molecule has 4 aromatic rings. The number of aromatic carboxylic acids is 1. The summed E-state index contributed by atoms with van der Waals surface area (Å²) in [6.07, 6.45) is 4.71. The van der Waals surface area contributed by atoms with Crippen LogP contribution in [0.25, 0.3) is 22.6 Å². The van der Waals surface area contributed by atoms with E-state index in [1.165, 1.54) is 15.2 Å². The number of carbonyl (C=O) groups is 1. The molecule has 4 rings (SSSR count). The molecule has 174 valence electrons. The first-order valence-electron chi connectivity index (χ1n) is 11.0. The lowest BCUT2D eigenvalue weighted by molar-refractivity contribution is 0.0696. The molecule has 0 spiro atoms. The number of aromatic nitrogens is 6. The van der Waals surface area contributed by atoms with Gasteiger partial charge in [0.05, 0.1) is 17.3 Å². The van der Waals surface area contributed by atoms with E-state index in [1.807, 2.05) is 13.8 Å². The highest BCUT2D eigenvalue weighted by Gasteiger charge is 2.18. The number of carboxylic acid groups (broad SMARTS) is 1. The zero-order chi connectivity index (χ0) is 24.2. The van der Waals surface area contributed by atoms with E-state index < -0.39 is 5.97 Å². The van der Waals surface area contributed by atoms with Gasteiger partial charge in [-0.05, 0) is 25.0 Å². The van der Waals surface area contributed by atoms with Crippen LogP contribution in [0.15, 0.2) is 46.2 Å². The van der Waals surface area contributed by atoms with Gasteiger partial charge in [0.15, 0.2) is 5.65 Å². The molecule has 0 radical (unpaired) electrons. The average Bonchev–Trinajstić information content (AvgIpc) is 3.47. The van der Waals surface area contributed by atoms with Crippen molar-refractivity contribution in [1.29, 1.82) is 0 Å². The van der Waals surface area contributed by atoms with Crippen LogP contribution in [0.5, 0.6) is 0 Å². The fourth-order valence-corrected chi connectivity index (χ4v) is 3.72. The molecule has 3 heterocycles. The van der Waals surface area contributed by atoms with E-state index in [0.717, 1.165) is 6.42 Å². The van der Waals surface area contributed by atoms with Gasteiger partial charge in [-0.1, -0.05) is 37.8 Å². The molecule has 34 heavy (non-hydrogen) atoms. The monoisotopic (exact) mass is 460 g/mol. The Morgan fingerprint density at radius 2 is 1.85 bits per heavy atom. The standard InChI is InChI=1S/C24H24N6O4/c1-3-11-29-21-19(22(31)30(12-4-2)24(29)34)26-20(27-21)17-14-25-28(15-17)13-7-9-16-8-5-6-10-18(16)23(32)33/h5-6,8,10,14-15H,3-4,11-13H2,1-2H3,(H,26,27)(H,32,33). The quantitative estimate of drug-likeness (QED) is 0.408. The van der Waals surface area contributed by atoms with Crippen LogP contribution in [0, 0.1) is 11.8 Å². The molecule has 0 amide bonds. The number of imidazole rings is 1. The van der Waals surface area contributed by atoms with Gasteiger partial charge in [0.25, 0.3) is 5.56 Å². The Morgan fingerprint density at radius 3 is 2.59 bits per heavy atom. The molecule has 0 saturated carbocycles. The number of nitrogens with zero attached hydrogens (tertiary/aromatic N) is 5. The van der Waals surface area contributed by atoms with E-state index in [4.69, 9.17) is 0 Å². The third kappa shape index (κ3) is 4.28. The van der Waals surface area contributed by atoms with Crippen molar-refractivity contribution in [3.63, 3.8) is 0 Å². The Kier molecular flexibility index (Phi) is 6.45. The lowest BCUT2D eigenvalue weighted by Crippen LogP contribution is -2.40. The SMILES string of the molecule is CCCn1c(=O)c2[nH]c(-c3cnn(CC#Cc4ccccc4C(=O)O)c3)nc2n(CCC)c1=O. The molecule has 0 aliphatic heterocycles. The van der Waals surface area contributed by atoms with Crippen LogP contribution in [0.1, 0.15) is 42.6 Å². The summed E-state index contributed by atoms with van der Waals surface area (Å²) in [5, 5.41) is 13.6. The summed E-state index contributed by atoms with van der Waals surface area (Å²) >= 11 is 0. The second-order valence-corrected chi connectivity index (χ2v) is 7.75. The van der Waals surface area contributed by atoms with Crippen LogP contribution in [-0.2, 0) is 19.6 Å². The van der Waals surface area contributed by atoms with E-state index in [0.29, 0.717) is 42.1 Å². The van der Waals surface area contributed by atoms with Gasteiger partial charge in [0, 0.05) is 24.8 Å². The van der Waals surface area contributed by atoms with Gasteiger partial charge in [0.1, 0.15) is 17.9 Å². The number of carboxylic acids is 1. The van der Waals surface area contributed by atoms with Gasteiger partial charge < -0.3 is 10.1 Å². The Bertz CT molecular complexity index is 1540. The van der Waals surface area contributed by atoms with Crippen LogP contribution in [0.3, 0.4) is 0 Å². The Balaban J connectivity index is 1.66. The van der Waals surface area contributed by atoms with Crippen LogP contribution in [-0.4, -0.2) is 40.0 Å². The lowest BCUT2D eigenvalue weighted by atomic mass is 10.1. The summed E-state index contributed by atoms with van der Waals surface area (Å²) < 4.78 is 4.36. The number of nitrogens with one attached hydrogen (secondary N) is 1. The number of aromatic amines is 1. The molecule has 10 heteroatoms. The number of hydrogen-bond acceptors (Lipinski definition) is 5. The number of aryl methyl sites for hydroxylation is 1. The van der Waals surface area contributed by atoms with Crippen molar-refractivity contribution in [2.75, 3.05) is 0 Å². The van der Waals surface area contributed by atoms with E-state index >= 15 is 0 Å². The van der Waals surface area contributed by atoms with Crippen LogP contribution >= 0.6 is 0 Å². The molecule has 0 aliphatic carbocycles. The smallest absolute Gasteiger partial charge is 0.336 e. The van der Waals surface area contributed by atoms with Crippen molar-refractivity contribution in [2.24, 2.45) is 0 Å². The third-order valence-corrected chi connectivity index (χ3v) is 5.28. The maximum atomic E-state index is 12.9. The molecule has 0 atom stereocenters. The number of hydrogen-bond donors (Lipinski definition) is 2. The van der Waals surface area contributed by atoms with E-state index in [9.17, 15) is 19.5 Å². The van der Waals surface area contributed by atoms with Crippen LogP contribution in [0.2, 0.25) is 0 Å². The maximum Gasteiger partial charge on any atom is 0.336 e. The molecule has 1 aromatic carbocycles. The van der Waals surface area contributed by atoms with Crippen molar-refractivity contribution < 1.29 is 9.90 Å². The third-order valence-electron chi connectivity index (χ3n) is 5.28. The van der Waals surface area contributed by atoms with Crippen molar-refractivity contribution in [3.05, 3.63) is 68.6 Å². The topological polar surface area (TPSA) is 128 Å².